The zero-order valence-corrected chi connectivity index (χ0v) is 14.1. The molecule has 0 aliphatic rings. The van der Waals surface area contributed by atoms with Gasteiger partial charge in [-0.1, -0.05) is 41.0 Å². The zero-order chi connectivity index (χ0) is 18.1. The van der Waals surface area contributed by atoms with Crippen LogP contribution < -0.4 is 5.73 Å². The van der Waals surface area contributed by atoms with Crippen molar-refractivity contribution in [1.29, 1.82) is 0 Å². The molecule has 130 valence electrons. The molecule has 0 spiro atoms. The summed E-state index contributed by atoms with van der Waals surface area (Å²) in [4.78, 5) is 4.57. The van der Waals surface area contributed by atoms with Crippen LogP contribution in [0, 0.1) is 0 Å². The van der Waals surface area contributed by atoms with Crippen LogP contribution in [-0.4, -0.2) is 30.8 Å². The van der Waals surface area contributed by atoms with Crippen LogP contribution in [0.5, 0.6) is 0 Å². The van der Waals surface area contributed by atoms with Crippen LogP contribution in [0.2, 0.25) is 5.02 Å². The summed E-state index contributed by atoms with van der Waals surface area (Å²) in [7, 11) is 0. The van der Waals surface area contributed by atoms with Crippen molar-refractivity contribution in [3.05, 3.63) is 59.1 Å². The van der Waals surface area contributed by atoms with Gasteiger partial charge in [0.05, 0.1) is 17.6 Å². The standard InChI is InChI=1S/C17H13ClN6O2/c18-11-7-5-10(6-8-11)13(21-25)9-24-14-4-2-1-3-12(14)20-17(24)15-16(19)23-26-22-15/h1-8,25H,9H2,(H2,19,23)/b21-13-. The third kappa shape index (κ3) is 2.76. The van der Waals surface area contributed by atoms with Crippen LogP contribution in [0.3, 0.4) is 0 Å². The third-order valence-corrected chi connectivity index (χ3v) is 4.24. The average molecular weight is 369 g/mol. The fraction of sp³-hybridized carbons (Fsp3) is 0.0588. The first-order valence-electron chi connectivity index (χ1n) is 7.68. The molecule has 0 atom stereocenters. The molecule has 2 aromatic heterocycles. The van der Waals surface area contributed by atoms with E-state index in [0.29, 0.717) is 22.3 Å². The predicted molar refractivity (Wildman–Crippen MR) is 97.2 cm³/mol. The number of oxime groups is 1. The van der Waals surface area contributed by atoms with E-state index in [-0.39, 0.29) is 12.4 Å². The lowest BCUT2D eigenvalue weighted by Gasteiger charge is -2.10. The summed E-state index contributed by atoms with van der Waals surface area (Å²) in [6, 6.07) is 14.6. The minimum atomic E-state index is 0.135. The molecule has 0 aliphatic heterocycles. The van der Waals surface area contributed by atoms with E-state index in [9.17, 15) is 5.21 Å². The van der Waals surface area contributed by atoms with Crippen molar-refractivity contribution in [2.75, 3.05) is 5.73 Å². The highest BCUT2D eigenvalue weighted by molar-refractivity contribution is 6.30. The minimum Gasteiger partial charge on any atom is -0.411 e. The van der Waals surface area contributed by atoms with Gasteiger partial charge in [-0.05, 0) is 34.6 Å². The summed E-state index contributed by atoms with van der Waals surface area (Å²) in [5.74, 6) is 0.607. The van der Waals surface area contributed by atoms with Gasteiger partial charge in [-0.3, -0.25) is 0 Å². The van der Waals surface area contributed by atoms with E-state index in [0.717, 1.165) is 16.6 Å². The molecule has 2 heterocycles. The Hall–Kier alpha value is -3.39. The van der Waals surface area contributed by atoms with Crippen molar-refractivity contribution in [3.63, 3.8) is 0 Å². The quantitative estimate of drug-likeness (QED) is 0.324. The van der Waals surface area contributed by atoms with Crippen molar-refractivity contribution in [3.8, 4) is 11.5 Å². The Morgan fingerprint density at radius 1 is 1.15 bits per heavy atom. The second-order valence-corrected chi connectivity index (χ2v) is 6.00. The maximum atomic E-state index is 9.55. The molecule has 3 N–H and O–H groups in total. The van der Waals surface area contributed by atoms with Gasteiger partial charge in [-0.25, -0.2) is 9.61 Å². The van der Waals surface area contributed by atoms with Crippen molar-refractivity contribution >= 4 is 34.2 Å². The van der Waals surface area contributed by atoms with Crippen LogP contribution in [-0.2, 0) is 6.54 Å². The van der Waals surface area contributed by atoms with Crippen LogP contribution in [0.4, 0.5) is 5.82 Å². The van der Waals surface area contributed by atoms with Gasteiger partial charge in [0.1, 0.15) is 5.71 Å². The fourth-order valence-corrected chi connectivity index (χ4v) is 2.87. The second-order valence-electron chi connectivity index (χ2n) is 5.56. The number of imidazole rings is 1. The average Bonchev–Trinajstić information content (AvgIpc) is 3.23. The topological polar surface area (TPSA) is 115 Å². The van der Waals surface area contributed by atoms with Crippen LogP contribution in [0.15, 0.2) is 58.3 Å². The molecule has 0 fully saturated rings. The van der Waals surface area contributed by atoms with E-state index in [1.165, 1.54) is 0 Å². The molecular formula is C17H13ClN6O2. The third-order valence-electron chi connectivity index (χ3n) is 3.99. The number of halogens is 1. The predicted octanol–water partition coefficient (Wildman–Crippen LogP) is 3.20. The molecule has 0 bridgehead atoms. The summed E-state index contributed by atoms with van der Waals surface area (Å²) in [5, 5.41) is 21.1. The van der Waals surface area contributed by atoms with Gasteiger partial charge in [-0.15, -0.1) is 0 Å². The Labute approximate surface area is 152 Å². The maximum absolute atomic E-state index is 9.55. The summed E-state index contributed by atoms with van der Waals surface area (Å²) < 4.78 is 6.55. The van der Waals surface area contributed by atoms with Gasteiger partial charge in [0.25, 0.3) is 0 Å². The fourth-order valence-electron chi connectivity index (χ4n) is 2.74. The van der Waals surface area contributed by atoms with Crippen molar-refractivity contribution in [2.45, 2.75) is 6.54 Å². The summed E-state index contributed by atoms with van der Waals surface area (Å²) in [6.07, 6.45) is 0. The summed E-state index contributed by atoms with van der Waals surface area (Å²) >= 11 is 5.93. The highest BCUT2D eigenvalue weighted by Gasteiger charge is 2.20. The monoisotopic (exact) mass is 368 g/mol. The molecule has 9 heteroatoms. The lowest BCUT2D eigenvalue weighted by atomic mass is 10.1. The van der Waals surface area contributed by atoms with Gasteiger partial charge in [0.2, 0.25) is 0 Å². The highest BCUT2D eigenvalue weighted by Crippen LogP contribution is 2.27. The van der Waals surface area contributed by atoms with Crippen molar-refractivity contribution < 1.29 is 9.84 Å². The lowest BCUT2D eigenvalue weighted by molar-refractivity contribution is 0.310. The zero-order valence-electron chi connectivity index (χ0n) is 13.4. The number of nitrogens with two attached hydrogens (primary N) is 1. The Balaban J connectivity index is 1.85. The Morgan fingerprint density at radius 2 is 1.92 bits per heavy atom. The van der Waals surface area contributed by atoms with Gasteiger partial charge in [-0.2, -0.15) is 0 Å². The number of anilines is 1. The molecule has 0 saturated heterocycles. The first kappa shape index (κ1) is 16.1. The molecule has 0 aliphatic carbocycles. The largest absolute Gasteiger partial charge is 0.411 e. The van der Waals surface area contributed by atoms with E-state index in [1.807, 2.05) is 28.8 Å². The van der Waals surface area contributed by atoms with E-state index in [4.69, 9.17) is 22.0 Å². The molecule has 2 aromatic carbocycles. The Kier molecular flexibility index (Phi) is 4.02. The van der Waals surface area contributed by atoms with Crippen LogP contribution in [0.1, 0.15) is 5.56 Å². The number of nitrogen functional groups attached to an aromatic ring is 1. The minimum absolute atomic E-state index is 0.135. The van der Waals surface area contributed by atoms with Gasteiger partial charge in [0.15, 0.2) is 17.3 Å². The molecule has 8 nitrogen and oxygen atoms in total. The molecule has 0 amide bonds. The SMILES string of the molecule is Nc1nonc1-c1nc2ccccc2n1C/C(=N/O)c1ccc(Cl)cc1. The van der Waals surface area contributed by atoms with Crippen molar-refractivity contribution in [2.24, 2.45) is 5.16 Å². The van der Waals surface area contributed by atoms with Crippen molar-refractivity contribution in [1.82, 2.24) is 19.9 Å². The Morgan fingerprint density at radius 3 is 2.62 bits per heavy atom. The number of para-hydroxylation sites is 2. The first-order valence-corrected chi connectivity index (χ1v) is 8.05. The normalized spacial score (nSPS) is 12.0. The Bertz CT molecular complexity index is 1100. The van der Waals surface area contributed by atoms with Gasteiger partial charge < -0.3 is 15.5 Å². The molecule has 4 rings (SSSR count). The number of fused-ring (bicyclic) bond motifs is 1. The smallest absolute Gasteiger partial charge is 0.199 e. The number of benzene rings is 2. The summed E-state index contributed by atoms with van der Waals surface area (Å²) in [5.41, 5.74) is 8.91. The number of nitrogens with zero attached hydrogens (tertiary/aromatic N) is 5. The number of hydrogen-bond acceptors (Lipinski definition) is 7. The first-order chi connectivity index (χ1) is 12.7. The maximum Gasteiger partial charge on any atom is 0.199 e. The number of rotatable bonds is 4. The lowest BCUT2D eigenvalue weighted by Crippen LogP contribution is -2.13. The summed E-state index contributed by atoms with van der Waals surface area (Å²) in [6.45, 7) is 0.236. The van der Waals surface area contributed by atoms with Gasteiger partial charge in [0, 0.05) is 10.6 Å². The van der Waals surface area contributed by atoms with Crippen LogP contribution in [0.25, 0.3) is 22.6 Å². The van der Waals surface area contributed by atoms with Crippen LogP contribution >= 0.6 is 11.6 Å². The highest BCUT2D eigenvalue weighted by atomic mass is 35.5. The molecular weight excluding hydrogens is 356 g/mol. The molecule has 0 unspecified atom stereocenters. The molecule has 0 saturated carbocycles. The number of aromatic nitrogens is 4. The van der Waals surface area contributed by atoms with E-state index in [2.05, 4.69) is 20.5 Å². The van der Waals surface area contributed by atoms with E-state index < -0.39 is 0 Å². The number of hydrogen-bond donors (Lipinski definition) is 2. The molecule has 26 heavy (non-hydrogen) atoms. The molecule has 0 radical (unpaired) electrons. The van der Waals surface area contributed by atoms with Gasteiger partial charge >= 0.3 is 0 Å². The van der Waals surface area contributed by atoms with E-state index in [1.54, 1.807) is 24.3 Å². The molecule has 4 aromatic rings. The van der Waals surface area contributed by atoms with E-state index >= 15 is 0 Å². The second kappa shape index (κ2) is 6.49.